The zero-order valence-corrected chi connectivity index (χ0v) is 14.8. The van der Waals surface area contributed by atoms with Gasteiger partial charge in [0.25, 0.3) is 0 Å². The van der Waals surface area contributed by atoms with Crippen molar-refractivity contribution in [1.82, 2.24) is 0 Å². The van der Waals surface area contributed by atoms with Gasteiger partial charge < -0.3 is 5.32 Å². The van der Waals surface area contributed by atoms with Crippen LogP contribution in [0.15, 0.2) is 54.6 Å². The van der Waals surface area contributed by atoms with Crippen molar-refractivity contribution in [3.63, 3.8) is 0 Å². The number of hydrogen-bond acceptors (Lipinski definition) is 2. The van der Waals surface area contributed by atoms with Crippen molar-refractivity contribution in [2.24, 2.45) is 0 Å². The zero-order valence-electron chi connectivity index (χ0n) is 13.3. The first kappa shape index (κ1) is 17.6. The highest BCUT2D eigenvalue weighted by atomic mass is 35.5. The van der Waals surface area contributed by atoms with Crippen LogP contribution in [0.2, 0.25) is 5.02 Å². The van der Waals surface area contributed by atoms with Crippen molar-refractivity contribution in [2.75, 3.05) is 11.1 Å². The molecule has 0 aromatic heterocycles. The lowest BCUT2D eigenvalue weighted by molar-refractivity contribution is -0.115. The van der Waals surface area contributed by atoms with Crippen LogP contribution in [-0.4, -0.2) is 16.9 Å². The van der Waals surface area contributed by atoms with Crippen molar-refractivity contribution >= 4 is 41.0 Å². The Labute approximate surface area is 146 Å². The van der Waals surface area contributed by atoms with Crippen molar-refractivity contribution in [3.8, 4) is 0 Å². The number of thioether (sulfide) groups is 1. The van der Waals surface area contributed by atoms with Gasteiger partial charge in [-0.3, -0.25) is 4.79 Å². The molecule has 0 spiro atoms. The van der Waals surface area contributed by atoms with Crippen LogP contribution in [0.4, 0.5) is 5.69 Å². The lowest BCUT2D eigenvalue weighted by Gasteiger charge is -2.13. The summed E-state index contributed by atoms with van der Waals surface area (Å²) in [6.45, 7) is 3.86. The third kappa shape index (κ3) is 5.77. The van der Waals surface area contributed by atoms with Gasteiger partial charge in [0.15, 0.2) is 0 Å². The molecular formula is C19H20ClNOS. The summed E-state index contributed by atoms with van der Waals surface area (Å²) in [6.07, 6.45) is 4.15. The van der Waals surface area contributed by atoms with E-state index in [2.05, 4.69) is 29.6 Å². The highest BCUT2D eigenvalue weighted by molar-refractivity contribution is 8.00. The van der Waals surface area contributed by atoms with E-state index in [4.69, 9.17) is 11.6 Å². The van der Waals surface area contributed by atoms with Crippen molar-refractivity contribution in [2.45, 2.75) is 19.1 Å². The van der Waals surface area contributed by atoms with E-state index in [1.54, 1.807) is 17.8 Å². The lowest BCUT2D eigenvalue weighted by atomic mass is 10.2. The number of anilines is 1. The minimum Gasteiger partial charge on any atom is -0.325 e. The highest BCUT2D eigenvalue weighted by Crippen LogP contribution is 2.21. The van der Waals surface area contributed by atoms with E-state index in [-0.39, 0.29) is 11.2 Å². The highest BCUT2D eigenvalue weighted by Gasteiger charge is 2.13. The predicted octanol–water partition coefficient (Wildman–Crippen LogP) is 5.42. The number of carbonyl (C=O) groups is 1. The van der Waals surface area contributed by atoms with Gasteiger partial charge in [-0.2, -0.15) is 0 Å². The molecule has 2 rings (SSSR count). The summed E-state index contributed by atoms with van der Waals surface area (Å²) in [4.78, 5) is 12.2. The van der Waals surface area contributed by atoms with Gasteiger partial charge in [0.1, 0.15) is 0 Å². The first-order valence-corrected chi connectivity index (χ1v) is 8.89. The Kier molecular flexibility index (Phi) is 6.75. The van der Waals surface area contributed by atoms with Crippen LogP contribution in [0.25, 0.3) is 6.08 Å². The number of benzene rings is 2. The number of halogens is 1. The van der Waals surface area contributed by atoms with Gasteiger partial charge in [0.2, 0.25) is 5.91 Å². The Hall–Kier alpha value is -1.71. The minimum atomic E-state index is -0.131. The fourth-order valence-corrected chi connectivity index (χ4v) is 2.87. The van der Waals surface area contributed by atoms with Gasteiger partial charge in [0, 0.05) is 16.5 Å². The molecule has 0 bridgehead atoms. The van der Waals surface area contributed by atoms with E-state index >= 15 is 0 Å². The standard InChI is InChI=1S/C19H20ClNOS/c1-14-10-11-17(20)13-18(14)21-19(22)15(2)23-12-6-9-16-7-4-3-5-8-16/h3-11,13,15H,12H2,1-2H3,(H,21,22)/b9-6+/t15-/m1/s1. The maximum atomic E-state index is 12.2. The van der Waals surface area contributed by atoms with Gasteiger partial charge in [-0.05, 0) is 37.1 Å². The second kappa shape index (κ2) is 8.80. The number of amides is 1. The molecule has 0 aliphatic rings. The van der Waals surface area contributed by atoms with Crippen LogP contribution < -0.4 is 5.32 Å². The molecule has 0 saturated heterocycles. The van der Waals surface area contributed by atoms with Crippen LogP contribution in [0.1, 0.15) is 18.1 Å². The van der Waals surface area contributed by atoms with E-state index in [9.17, 15) is 4.79 Å². The Morgan fingerprint density at radius 2 is 2.00 bits per heavy atom. The van der Waals surface area contributed by atoms with E-state index in [1.807, 2.05) is 44.2 Å². The van der Waals surface area contributed by atoms with Gasteiger partial charge in [-0.25, -0.2) is 0 Å². The number of carbonyl (C=O) groups excluding carboxylic acids is 1. The van der Waals surface area contributed by atoms with Gasteiger partial charge in [0.05, 0.1) is 5.25 Å². The van der Waals surface area contributed by atoms with Crippen LogP contribution in [0.3, 0.4) is 0 Å². The van der Waals surface area contributed by atoms with Crippen LogP contribution in [0.5, 0.6) is 0 Å². The number of aryl methyl sites for hydroxylation is 1. The molecule has 0 fully saturated rings. The fourth-order valence-electron chi connectivity index (χ4n) is 1.99. The first-order chi connectivity index (χ1) is 11.1. The topological polar surface area (TPSA) is 29.1 Å². The molecule has 2 nitrogen and oxygen atoms in total. The van der Waals surface area contributed by atoms with E-state index in [0.717, 1.165) is 17.0 Å². The lowest BCUT2D eigenvalue weighted by Crippen LogP contribution is -2.23. The Morgan fingerprint density at radius 3 is 2.74 bits per heavy atom. The Balaban J connectivity index is 1.83. The average Bonchev–Trinajstić information content (AvgIpc) is 2.55. The SMILES string of the molecule is Cc1ccc(Cl)cc1NC(=O)[C@@H](C)SC/C=C/c1ccccc1. The molecule has 2 aromatic carbocycles. The molecule has 0 heterocycles. The smallest absolute Gasteiger partial charge is 0.237 e. The van der Waals surface area contributed by atoms with Gasteiger partial charge in [-0.15, -0.1) is 11.8 Å². The average molecular weight is 346 g/mol. The summed E-state index contributed by atoms with van der Waals surface area (Å²) in [5.74, 6) is 0.784. The molecule has 4 heteroatoms. The molecule has 1 atom stereocenters. The zero-order chi connectivity index (χ0) is 16.7. The Bertz CT molecular complexity index is 685. The third-order valence-corrected chi connectivity index (χ3v) is 4.71. The maximum absolute atomic E-state index is 12.2. The summed E-state index contributed by atoms with van der Waals surface area (Å²) < 4.78 is 0. The molecule has 0 aliphatic heterocycles. The third-order valence-electron chi connectivity index (χ3n) is 3.38. The second-order valence-corrected chi connectivity index (χ2v) is 7.05. The molecule has 0 aliphatic carbocycles. The molecule has 0 unspecified atom stereocenters. The molecule has 1 N–H and O–H groups in total. The summed E-state index contributed by atoms with van der Waals surface area (Å²) in [7, 11) is 0. The van der Waals surface area contributed by atoms with Gasteiger partial charge in [-0.1, -0.05) is 60.2 Å². The molecule has 1 amide bonds. The maximum Gasteiger partial charge on any atom is 0.237 e. The first-order valence-electron chi connectivity index (χ1n) is 7.46. The molecule has 0 saturated carbocycles. The van der Waals surface area contributed by atoms with E-state index in [0.29, 0.717) is 5.02 Å². The number of hydrogen-bond donors (Lipinski definition) is 1. The predicted molar refractivity (Wildman–Crippen MR) is 102 cm³/mol. The largest absolute Gasteiger partial charge is 0.325 e. The van der Waals surface area contributed by atoms with Crippen molar-refractivity contribution in [3.05, 3.63) is 70.8 Å². The molecule has 0 radical (unpaired) electrons. The molecule has 23 heavy (non-hydrogen) atoms. The molecule has 120 valence electrons. The number of rotatable bonds is 6. The monoisotopic (exact) mass is 345 g/mol. The second-order valence-electron chi connectivity index (χ2n) is 5.24. The van der Waals surface area contributed by atoms with Crippen molar-refractivity contribution in [1.29, 1.82) is 0 Å². The summed E-state index contributed by atoms with van der Waals surface area (Å²) in [5.41, 5.74) is 2.94. The normalized spacial score (nSPS) is 12.3. The molecular weight excluding hydrogens is 326 g/mol. The summed E-state index contributed by atoms with van der Waals surface area (Å²) in [5, 5.41) is 3.43. The quantitative estimate of drug-likeness (QED) is 0.757. The van der Waals surface area contributed by atoms with Crippen LogP contribution >= 0.6 is 23.4 Å². The molecule has 2 aromatic rings. The fraction of sp³-hybridized carbons (Fsp3) is 0.211. The van der Waals surface area contributed by atoms with Crippen LogP contribution in [0, 0.1) is 6.92 Å². The minimum absolute atomic E-state index is 0.00604. The van der Waals surface area contributed by atoms with Crippen LogP contribution in [-0.2, 0) is 4.79 Å². The summed E-state index contributed by atoms with van der Waals surface area (Å²) in [6, 6.07) is 15.6. The van der Waals surface area contributed by atoms with Crippen molar-refractivity contribution < 1.29 is 4.79 Å². The van der Waals surface area contributed by atoms with Gasteiger partial charge >= 0.3 is 0 Å². The van der Waals surface area contributed by atoms with E-state index in [1.165, 1.54) is 5.56 Å². The Morgan fingerprint density at radius 1 is 1.26 bits per heavy atom. The van der Waals surface area contributed by atoms with E-state index < -0.39 is 0 Å². The summed E-state index contributed by atoms with van der Waals surface area (Å²) >= 11 is 7.58. The number of nitrogens with one attached hydrogen (secondary N) is 1.